The van der Waals surface area contributed by atoms with Gasteiger partial charge in [-0.15, -0.1) is 0 Å². The van der Waals surface area contributed by atoms with E-state index in [2.05, 4.69) is 9.97 Å². The molecule has 1 aromatic heterocycles. The number of Topliss-reactive ketones (excluding diaryl/α,β-unsaturated/α-hetero) is 1. The molecule has 0 spiro atoms. The lowest BCUT2D eigenvalue weighted by Crippen LogP contribution is -2.34. The minimum atomic E-state index is -0.309. The Hall–Kier alpha value is -1.34. The molecule has 21 heavy (non-hydrogen) atoms. The van der Waals surface area contributed by atoms with Crippen LogP contribution in [-0.4, -0.2) is 47.2 Å². The largest absolute Gasteiger partial charge is 0.465 e. The number of hydrogen-bond donors (Lipinski definition) is 0. The van der Waals surface area contributed by atoms with Gasteiger partial charge in [-0.05, 0) is 6.92 Å². The zero-order chi connectivity index (χ0) is 15.2. The molecule has 2 rings (SSSR count). The maximum Gasteiger partial charge on any atom is 0.316 e. The molecule has 1 aliphatic heterocycles. The molecule has 0 aliphatic carbocycles. The molecule has 1 saturated heterocycles. The first kappa shape index (κ1) is 16.0. The van der Waals surface area contributed by atoms with Crippen molar-refractivity contribution in [3.8, 4) is 0 Å². The van der Waals surface area contributed by atoms with Crippen molar-refractivity contribution in [1.29, 1.82) is 0 Å². The lowest BCUT2D eigenvalue weighted by atomic mass is 10.1. The quantitative estimate of drug-likeness (QED) is 0.354. The van der Waals surface area contributed by atoms with Crippen LogP contribution in [0.1, 0.15) is 19.8 Å². The van der Waals surface area contributed by atoms with Crippen LogP contribution in [0.5, 0.6) is 0 Å². The molecule has 1 aromatic rings. The highest BCUT2D eigenvalue weighted by molar-refractivity contribution is 7.99. The first-order valence-electron chi connectivity index (χ1n) is 6.68. The highest BCUT2D eigenvalue weighted by Gasteiger charge is 2.19. The SMILES string of the molecule is CCOC(=O)CSc1nc(Cl)cc(N2CCC(=O)CC2)n1. The zero-order valence-corrected chi connectivity index (χ0v) is 13.2. The minimum Gasteiger partial charge on any atom is -0.465 e. The van der Waals surface area contributed by atoms with E-state index in [1.165, 1.54) is 11.8 Å². The molecule has 8 heteroatoms. The van der Waals surface area contributed by atoms with Gasteiger partial charge in [0, 0.05) is 32.0 Å². The number of halogens is 1. The standard InChI is InChI=1S/C13H16ClN3O3S/c1-2-20-12(19)8-21-13-15-10(14)7-11(16-13)17-5-3-9(18)4-6-17/h7H,2-6,8H2,1H3. The lowest BCUT2D eigenvalue weighted by Gasteiger charge is -2.27. The number of ether oxygens (including phenoxy) is 1. The number of ketones is 1. The Labute approximate surface area is 132 Å². The normalized spacial score (nSPS) is 15.1. The third-order valence-electron chi connectivity index (χ3n) is 2.93. The molecule has 0 aromatic carbocycles. The van der Waals surface area contributed by atoms with Gasteiger partial charge < -0.3 is 9.64 Å². The fourth-order valence-electron chi connectivity index (χ4n) is 1.92. The monoisotopic (exact) mass is 329 g/mol. The number of rotatable bonds is 5. The topological polar surface area (TPSA) is 72.4 Å². The third kappa shape index (κ3) is 4.86. The third-order valence-corrected chi connectivity index (χ3v) is 3.94. The number of esters is 1. The summed E-state index contributed by atoms with van der Waals surface area (Å²) in [5.74, 6) is 0.792. The van der Waals surface area contributed by atoms with Gasteiger partial charge >= 0.3 is 5.97 Å². The van der Waals surface area contributed by atoms with E-state index in [9.17, 15) is 9.59 Å². The van der Waals surface area contributed by atoms with Crippen LogP contribution >= 0.6 is 23.4 Å². The zero-order valence-electron chi connectivity index (χ0n) is 11.7. The number of nitrogens with zero attached hydrogens (tertiary/aromatic N) is 3. The van der Waals surface area contributed by atoms with E-state index in [-0.39, 0.29) is 17.5 Å². The number of anilines is 1. The second-order valence-electron chi connectivity index (χ2n) is 4.45. The van der Waals surface area contributed by atoms with Crippen LogP contribution in [0.15, 0.2) is 11.2 Å². The predicted octanol–water partition coefficient (Wildman–Crippen LogP) is 1.95. The molecular weight excluding hydrogens is 314 g/mol. The van der Waals surface area contributed by atoms with Gasteiger partial charge in [-0.25, -0.2) is 9.97 Å². The summed E-state index contributed by atoms with van der Waals surface area (Å²) >= 11 is 7.19. The lowest BCUT2D eigenvalue weighted by molar-refractivity contribution is -0.139. The van der Waals surface area contributed by atoms with Crippen LogP contribution in [0, 0.1) is 0 Å². The molecule has 0 radical (unpaired) electrons. The van der Waals surface area contributed by atoms with E-state index < -0.39 is 0 Å². The fraction of sp³-hybridized carbons (Fsp3) is 0.538. The molecule has 0 bridgehead atoms. The van der Waals surface area contributed by atoms with Crippen LogP contribution in [0.3, 0.4) is 0 Å². The molecule has 0 amide bonds. The Morgan fingerprint density at radius 3 is 2.81 bits per heavy atom. The maximum atomic E-state index is 11.3. The number of carbonyl (C=O) groups is 2. The number of thioether (sulfide) groups is 1. The average molecular weight is 330 g/mol. The number of piperidine rings is 1. The van der Waals surface area contributed by atoms with Crippen LogP contribution < -0.4 is 4.90 Å². The molecule has 0 saturated carbocycles. The Kier molecular flexibility index (Phi) is 5.81. The average Bonchev–Trinajstić information content (AvgIpc) is 2.46. The van der Waals surface area contributed by atoms with Crippen molar-refractivity contribution in [1.82, 2.24) is 9.97 Å². The van der Waals surface area contributed by atoms with Gasteiger partial charge in [-0.3, -0.25) is 9.59 Å². The Balaban J connectivity index is 2.03. The Bertz CT molecular complexity index is 531. The second-order valence-corrected chi connectivity index (χ2v) is 5.78. The van der Waals surface area contributed by atoms with E-state index in [1.54, 1.807) is 13.0 Å². The summed E-state index contributed by atoms with van der Waals surface area (Å²) in [6.45, 7) is 3.37. The van der Waals surface area contributed by atoms with Crippen LogP contribution in [0.25, 0.3) is 0 Å². The maximum absolute atomic E-state index is 11.3. The van der Waals surface area contributed by atoms with Crippen molar-refractivity contribution in [3.63, 3.8) is 0 Å². The highest BCUT2D eigenvalue weighted by atomic mass is 35.5. The van der Waals surface area contributed by atoms with Crippen molar-refractivity contribution < 1.29 is 14.3 Å². The molecule has 0 N–H and O–H groups in total. The van der Waals surface area contributed by atoms with Crippen molar-refractivity contribution in [2.75, 3.05) is 30.3 Å². The number of aromatic nitrogens is 2. The molecular formula is C13H16ClN3O3S. The van der Waals surface area contributed by atoms with E-state index in [4.69, 9.17) is 16.3 Å². The van der Waals surface area contributed by atoms with Gasteiger partial charge in [0.25, 0.3) is 0 Å². The summed E-state index contributed by atoms with van der Waals surface area (Å²) in [6, 6.07) is 1.67. The van der Waals surface area contributed by atoms with Crippen molar-refractivity contribution >= 4 is 40.9 Å². The van der Waals surface area contributed by atoms with Crippen molar-refractivity contribution in [2.45, 2.75) is 24.9 Å². The van der Waals surface area contributed by atoms with Gasteiger partial charge in [0.2, 0.25) is 0 Å². The van der Waals surface area contributed by atoms with E-state index >= 15 is 0 Å². The molecule has 0 atom stereocenters. The second kappa shape index (κ2) is 7.61. The number of carbonyl (C=O) groups excluding carboxylic acids is 2. The van der Waals surface area contributed by atoms with E-state index in [0.717, 1.165) is 0 Å². The predicted molar refractivity (Wildman–Crippen MR) is 80.9 cm³/mol. The molecule has 1 fully saturated rings. The summed E-state index contributed by atoms with van der Waals surface area (Å²) in [4.78, 5) is 33.1. The molecule has 6 nitrogen and oxygen atoms in total. The van der Waals surface area contributed by atoms with E-state index in [1.807, 2.05) is 4.90 Å². The smallest absolute Gasteiger partial charge is 0.316 e. The first-order valence-corrected chi connectivity index (χ1v) is 8.04. The Morgan fingerprint density at radius 2 is 2.14 bits per heavy atom. The van der Waals surface area contributed by atoms with Crippen LogP contribution in [-0.2, 0) is 14.3 Å². The number of hydrogen-bond acceptors (Lipinski definition) is 7. The highest BCUT2D eigenvalue weighted by Crippen LogP contribution is 2.23. The van der Waals surface area contributed by atoms with Crippen LogP contribution in [0.4, 0.5) is 5.82 Å². The summed E-state index contributed by atoms with van der Waals surface area (Å²) in [5.41, 5.74) is 0. The summed E-state index contributed by atoms with van der Waals surface area (Å²) in [7, 11) is 0. The van der Waals surface area contributed by atoms with Crippen LogP contribution in [0.2, 0.25) is 5.15 Å². The molecule has 0 unspecified atom stereocenters. The molecule has 114 valence electrons. The van der Waals surface area contributed by atoms with Gasteiger partial charge in [0.1, 0.15) is 16.8 Å². The summed E-state index contributed by atoms with van der Waals surface area (Å²) in [6.07, 6.45) is 1.04. The van der Waals surface area contributed by atoms with E-state index in [0.29, 0.717) is 48.7 Å². The molecule has 1 aliphatic rings. The Morgan fingerprint density at radius 1 is 1.43 bits per heavy atom. The van der Waals surface area contributed by atoms with Gasteiger partial charge in [-0.2, -0.15) is 0 Å². The summed E-state index contributed by atoms with van der Waals surface area (Å²) in [5, 5.41) is 0.755. The van der Waals surface area contributed by atoms with Gasteiger partial charge in [0.15, 0.2) is 5.16 Å². The van der Waals surface area contributed by atoms with Gasteiger partial charge in [0.05, 0.1) is 12.4 Å². The first-order chi connectivity index (χ1) is 10.1. The molecule has 2 heterocycles. The van der Waals surface area contributed by atoms with Crippen molar-refractivity contribution in [2.24, 2.45) is 0 Å². The van der Waals surface area contributed by atoms with Crippen molar-refractivity contribution in [3.05, 3.63) is 11.2 Å². The minimum absolute atomic E-state index is 0.145. The summed E-state index contributed by atoms with van der Waals surface area (Å²) < 4.78 is 4.86. The fourth-order valence-corrected chi connectivity index (χ4v) is 2.80. The van der Waals surface area contributed by atoms with Gasteiger partial charge in [-0.1, -0.05) is 23.4 Å².